The molecule has 2 saturated carbocycles. The lowest BCUT2D eigenvalue weighted by molar-refractivity contribution is -0.119. The van der Waals surface area contributed by atoms with Crippen molar-refractivity contribution in [3.63, 3.8) is 0 Å². The molecule has 5 rings (SSSR count). The summed E-state index contributed by atoms with van der Waals surface area (Å²) in [5.74, 6) is 2.15. The molecule has 0 N–H and O–H groups in total. The number of thiophene rings is 1. The van der Waals surface area contributed by atoms with Gasteiger partial charge in [-0.1, -0.05) is 37.2 Å². The van der Waals surface area contributed by atoms with Crippen LogP contribution in [-0.2, 0) is 30.5 Å². The number of hydrogen-bond donors (Lipinski definition) is 0. The van der Waals surface area contributed by atoms with Crippen molar-refractivity contribution in [3.05, 3.63) is 50.7 Å². The Morgan fingerprint density at radius 3 is 2.65 bits per heavy atom. The van der Waals surface area contributed by atoms with Crippen LogP contribution in [0.15, 0.2) is 29.2 Å². The number of rotatable bonds is 12. The van der Waals surface area contributed by atoms with E-state index >= 15 is 0 Å². The maximum absolute atomic E-state index is 13.4. The molecule has 0 bridgehead atoms. The van der Waals surface area contributed by atoms with Crippen LogP contribution in [-0.4, -0.2) is 22.7 Å². The Labute approximate surface area is 217 Å². The molecule has 3 aliphatic rings. The highest BCUT2D eigenvalue weighted by atomic mass is 32.2. The van der Waals surface area contributed by atoms with Crippen molar-refractivity contribution >= 4 is 51.7 Å². The molecule has 2 fully saturated rings. The van der Waals surface area contributed by atoms with Gasteiger partial charge in [0.2, 0.25) is 0 Å². The second-order valence-corrected chi connectivity index (χ2v) is 13.2. The van der Waals surface area contributed by atoms with Crippen molar-refractivity contribution < 1.29 is 9.59 Å². The summed E-state index contributed by atoms with van der Waals surface area (Å²) in [5.41, 5.74) is 3.51. The quantitative estimate of drug-likeness (QED) is 0.168. The van der Waals surface area contributed by atoms with Crippen LogP contribution in [0.5, 0.6) is 0 Å². The van der Waals surface area contributed by atoms with Gasteiger partial charge in [0, 0.05) is 45.4 Å². The van der Waals surface area contributed by atoms with Gasteiger partial charge in [-0.2, -0.15) is 0 Å². The molecular weight excluding hydrogens is 477 g/mol. The molecule has 1 heterocycles. The van der Waals surface area contributed by atoms with E-state index in [2.05, 4.69) is 30.5 Å². The molecule has 1 atom stereocenters. The van der Waals surface area contributed by atoms with Gasteiger partial charge < -0.3 is 0 Å². The number of thiocarbonyl (C=S) groups is 1. The molecule has 0 spiro atoms. The Balaban J connectivity index is 1.29. The number of carbonyl (C=O) groups is 2. The van der Waals surface area contributed by atoms with Crippen LogP contribution in [0.2, 0.25) is 0 Å². The Morgan fingerprint density at radius 2 is 1.91 bits per heavy atom. The van der Waals surface area contributed by atoms with Crippen LogP contribution in [0.1, 0.15) is 82.6 Å². The molecule has 0 amide bonds. The lowest BCUT2D eigenvalue weighted by atomic mass is 9.81. The Kier molecular flexibility index (Phi) is 7.72. The minimum absolute atomic E-state index is 0.253. The van der Waals surface area contributed by atoms with E-state index in [1.54, 1.807) is 23.1 Å². The molecule has 5 heteroatoms. The Hall–Kier alpha value is -1.30. The van der Waals surface area contributed by atoms with E-state index in [-0.39, 0.29) is 5.92 Å². The van der Waals surface area contributed by atoms with Crippen LogP contribution >= 0.6 is 35.3 Å². The molecule has 180 valence electrons. The van der Waals surface area contributed by atoms with Gasteiger partial charge in [0.1, 0.15) is 5.78 Å². The van der Waals surface area contributed by atoms with Crippen molar-refractivity contribution in [2.45, 2.75) is 81.9 Å². The van der Waals surface area contributed by atoms with E-state index in [4.69, 9.17) is 12.2 Å². The maximum atomic E-state index is 13.4. The summed E-state index contributed by atoms with van der Waals surface area (Å²) in [6.45, 7) is 0. The Morgan fingerprint density at radius 1 is 1.09 bits per heavy atom. The summed E-state index contributed by atoms with van der Waals surface area (Å²) in [7, 11) is 0. The number of ketones is 2. The molecule has 2 nitrogen and oxygen atoms in total. The number of thioether (sulfide) groups is 1. The highest BCUT2D eigenvalue weighted by Crippen LogP contribution is 2.41. The molecule has 1 aromatic heterocycles. The number of benzene rings is 1. The number of carbonyl (C=O) groups excluding carboxylic acids is 2. The number of aryl methyl sites for hydroxylation is 1. The standard InChI is InChI=1S/C29H34O2S3/c1-33-23-4-2-3-19(15-23)13-22(32)14-20-8-12-27-24(16-20)29(25(30)11-7-18-5-6-18)28(34-27)17-26(31)21-9-10-21/h2-4,15,18,20-21H,5-14,16-17H2,1H3/t20-/m1/s1. The minimum Gasteiger partial charge on any atom is -0.299 e. The first-order valence-electron chi connectivity index (χ1n) is 12.8. The third-order valence-electron chi connectivity index (χ3n) is 7.61. The van der Waals surface area contributed by atoms with E-state index in [0.717, 1.165) is 72.6 Å². The highest BCUT2D eigenvalue weighted by Gasteiger charge is 2.34. The minimum atomic E-state index is 0.253. The zero-order valence-corrected chi connectivity index (χ0v) is 22.5. The average Bonchev–Trinajstić information content (AvgIpc) is 3.74. The fraction of sp³-hybridized carbons (Fsp3) is 0.552. The van der Waals surface area contributed by atoms with E-state index < -0.39 is 0 Å². The second kappa shape index (κ2) is 10.8. The molecular formula is C29H34O2S3. The van der Waals surface area contributed by atoms with Crippen molar-refractivity contribution in [2.24, 2.45) is 17.8 Å². The van der Waals surface area contributed by atoms with Gasteiger partial charge in [0.15, 0.2) is 5.78 Å². The zero-order valence-electron chi connectivity index (χ0n) is 20.1. The van der Waals surface area contributed by atoms with Gasteiger partial charge in [-0.3, -0.25) is 9.59 Å². The zero-order chi connectivity index (χ0) is 23.7. The monoisotopic (exact) mass is 510 g/mol. The molecule has 34 heavy (non-hydrogen) atoms. The maximum Gasteiger partial charge on any atom is 0.164 e. The van der Waals surface area contributed by atoms with Gasteiger partial charge in [0.05, 0.1) is 0 Å². The van der Waals surface area contributed by atoms with Crippen molar-refractivity contribution in [2.75, 3.05) is 6.26 Å². The number of Topliss-reactive ketones (excluding diaryl/α,β-unsaturated/α-hetero) is 2. The summed E-state index contributed by atoms with van der Waals surface area (Å²) < 4.78 is 0. The highest BCUT2D eigenvalue weighted by molar-refractivity contribution is 7.98. The van der Waals surface area contributed by atoms with Crippen LogP contribution < -0.4 is 0 Å². The summed E-state index contributed by atoms with van der Waals surface area (Å²) in [4.78, 5) is 30.9. The van der Waals surface area contributed by atoms with Gasteiger partial charge in [-0.25, -0.2) is 0 Å². The Bertz CT molecular complexity index is 1090. The van der Waals surface area contributed by atoms with Crippen molar-refractivity contribution in [3.8, 4) is 0 Å². The first-order valence-corrected chi connectivity index (χ1v) is 15.3. The van der Waals surface area contributed by atoms with E-state index in [1.807, 2.05) is 0 Å². The average molecular weight is 511 g/mol. The molecule has 1 aromatic carbocycles. The van der Waals surface area contributed by atoms with Gasteiger partial charge >= 0.3 is 0 Å². The predicted molar refractivity (Wildman–Crippen MR) is 147 cm³/mol. The topological polar surface area (TPSA) is 34.1 Å². The summed E-state index contributed by atoms with van der Waals surface area (Å²) in [6.07, 6.45) is 13.8. The van der Waals surface area contributed by atoms with Gasteiger partial charge in [-0.15, -0.1) is 23.1 Å². The SMILES string of the molecule is CSc1cccc(CC(=S)C[C@H]2CCc3sc(CC(=O)C4CC4)c(C(=O)CCC4CC4)c3C2)c1. The smallest absolute Gasteiger partial charge is 0.164 e. The number of fused-ring (bicyclic) bond motifs is 1. The predicted octanol–water partition coefficient (Wildman–Crippen LogP) is 7.47. The lowest BCUT2D eigenvalue weighted by Crippen LogP contribution is -2.19. The second-order valence-electron chi connectivity index (χ2n) is 10.5. The molecule has 0 saturated heterocycles. The summed E-state index contributed by atoms with van der Waals surface area (Å²) in [5, 5.41) is 0. The fourth-order valence-electron chi connectivity index (χ4n) is 5.31. The van der Waals surface area contributed by atoms with E-state index in [1.165, 1.54) is 33.7 Å². The van der Waals surface area contributed by atoms with E-state index in [9.17, 15) is 9.59 Å². The van der Waals surface area contributed by atoms with Crippen LogP contribution in [0, 0.1) is 17.8 Å². The molecule has 0 unspecified atom stereocenters. The third kappa shape index (κ3) is 6.09. The van der Waals surface area contributed by atoms with Crippen LogP contribution in [0.4, 0.5) is 0 Å². The fourth-order valence-corrected chi connectivity index (χ4v) is 7.58. The van der Waals surface area contributed by atoms with Crippen molar-refractivity contribution in [1.82, 2.24) is 0 Å². The van der Waals surface area contributed by atoms with Crippen LogP contribution in [0.3, 0.4) is 0 Å². The van der Waals surface area contributed by atoms with Crippen molar-refractivity contribution in [1.29, 1.82) is 0 Å². The third-order valence-corrected chi connectivity index (χ3v) is 9.94. The molecule has 0 radical (unpaired) electrons. The molecule has 2 aromatic rings. The van der Waals surface area contributed by atoms with Gasteiger partial charge in [0.25, 0.3) is 0 Å². The van der Waals surface area contributed by atoms with Crippen LogP contribution in [0.25, 0.3) is 0 Å². The summed E-state index contributed by atoms with van der Waals surface area (Å²) in [6, 6.07) is 8.67. The number of hydrogen-bond acceptors (Lipinski definition) is 5. The first-order chi connectivity index (χ1) is 16.5. The normalized spacial score (nSPS) is 19.6. The van der Waals surface area contributed by atoms with Gasteiger partial charge in [-0.05, 0) is 91.2 Å². The lowest BCUT2D eigenvalue weighted by Gasteiger charge is -2.23. The largest absolute Gasteiger partial charge is 0.299 e. The summed E-state index contributed by atoms with van der Waals surface area (Å²) >= 11 is 9.37. The molecule has 0 aliphatic heterocycles. The first kappa shape index (κ1) is 24.4. The molecule has 3 aliphatic carbocycles. The van der Waals surface area contributed by atoms with E-state index in [0.29, 0.717) is 30.3 Å².